The molecule has 1 atom stereocenters. The predicted octanol–water partition coefficient (Wildman–Crippen LogP) is 3.39. The van der Waals surface area contributed by atoms with Crippen LogP contribution >= 0.6 is 0 Å². The predicted molar refractivity (Wildman–Crippen MR) is 80.7 cm³/mol. The quantitative estimate of drug-likeness (QED) is 0.870. The summed E-state index contributed by atoms with van der Waals surface area (Å²) in [6, 6.07) is 7.30. The first-order valence-corrected chi connectivity index (χ1v) is 7.21. The van der Waals surface area contributed by atoms with Gasteiger partial charge in [-0.1, -0.05) is 26.0 Å². The molecule has 0 saturated carbocycles. The molecule has 4 nitrogen and oxygen atoms in total. The standard InChI is InChI=1S/C16H24N2O2/c1-12(19)13-5-4-6-14(11-13)17-15(20)18-9-7-16(2,3)8-10-18/h4-6,11-12,19H,7-10H2,1-3H3,(H,17,20). The van der Waals surface area contributed by atoms with Crippen molar-refractivity contribution in [2.24, 2.45) is 5.41 Å². The van der Waals surface area contributed by atoms with Crippen LogP contribution in [0.5, 0.6) is 0 Å². The van der Waals surface area contributed by atoms with Gasteiger partial charge in [0, 0.05) is 18.8 Å². The van der Waals surface area contributed by atoms with E-state index >= 15 is 0 Å². The molecule has 110 valence electrons. The number of benzene rings is 1. The summed E-state index contributed by atoms with van der Waals surface area (Å²) in [6.07, 6.45) is 1.55. The highest BCUT2D eigenvalue weighted by atomic mass is 16.3. The number of rotatable bonds is 2. The fourth-order valence-electron chi connectivity index (χ4n) is 2.39. The summed E-state index contributed by atoms with van der Waals surface area (Å²) in [4.78, 5) is 14.1. The molecular formula is C16H24N2O2. The second-order valence-electron chi connectivity index (χ2n) is 6.38. The molecule has 1 heterocycles. The van der Waals surface area contributed by atoms with Crippen LogP contribution in [0, 0.1) is 5.41 Å². The van der Waals surface area contributed by atoms with Crippen molar-refractivity contribution in [3.8, 4) is 0 Å². The summed E-state index contributed by atoms with van der Waals surface area (Å²) in [6.45, 7) is 7.81. The maximum Gasteiger partial charge on any atom is 0.321 e. The third kappa shape index (κ3) is 3.73. The second-order valence-corrected chi connectivity index (χ2v) is 6.38. The Hall–Kier alpha value is -1.55. The summed E-state index contributed by atoms with van der Waals surface area (Å²) < 4.78 is 0. The van der Waals surface area contributed by atoms with Crippen LogP contribution in [0.3, 0.4) is 0 Å². The minimum Gasteiger partial charge on any atom is -0.389 e. The van der Waals surface area contributed by atoms with Gasteiger partial charge in [0.2, 0.25) is 0 Å². The topological polar surface area (TPSA) is 52.6 Å². The minimum atomic E-state index is -0.525. The Balaban J connectivity index is 1.96. The molecule has 20 heavy (non-hydrogen) atoms. The smallest absolute Gasteiger partial charge is 0.321 e. The number of carbonyl (C=O) groups is 1. The zero-order valence-corrected chi connectivity index (χ0v) is 12.5. The van der Waals surface area contributed by atoms with Crippen LogP contribution in [0.15, 0.2) is 24.3 Å². The molecule has 1 aromatic rings. The lowest BCUT2D eigenvalue weighted by Crippen LogP contribution is -2.43. The van der Waals surface area contributed by atoms with E-state index in [-0.39, 0.29) is 6.03 Å². The van der Waals surface area contributed by atoms with Crippen LogP contribution in [-0.4, -0.2) is 29.1 Å². The van der Waals surface area contributed by atoms with Gasteiger partial charge in [-0.15, -0.1) is 0 Å². The van der Waals surface area contributed by atoms with Crippen molar-refractivity contribution in [3.05, 3.63) is 29.8 Å². The largest absolute Gasteiger partial charge is 0.389 e. The molecule has 2 amide bonds. The van der Waals surface area contributed by atoms with E-state index in [2.05, 4.69) is 19.2 Å². The zero-order chi connectivity index (χ0) is 14.8. The van der Waals surface area contributed by atoms with Gasteiger partial charge < -0.3 is 15.3 Å². The maximum absolute atomic E-state index is 12.2. The Labute approximate surface area is 120 Å². The molecule has 1 aromatic carbocycles. The summed E-state index contributed by atoms with van der Waals surface area (Å²) >= 11 is 0. The third-order valence-electron chi connectivity index (χ3n) is 4.02. The van der Waals surface area contributed by atoms with Crippen molar-refractivity contribution in [3.63, 3.8) is 0 Å². The van der Waals surface area contributed by atoms with E-state index in [1.165, 1.54) is 0 Å². The summed E-state index contributed by atoms with van der Waals surface area (Å²) in [5.74, 6) is 0. The molecule has 1 saturated heterocycles. The number of aliphatic hydroxyl groups is 1. The fourth-order valence-corrected chi connectivity index (χ4v) is 2.39. The van der Waals surface area contributed by atoms with Crippen molar-refractivity contribution >= 4 is 11.7 Å². The molecule has 0 aliphatic carbocycles. The van der Waals surface area contributed by atoms with E-state index in [9.17, 15) is 9.90 Å². The highest BCUT2D eigenvalue weighted by Crippen LogP contribution is 2.30. The van der Waals surface area contributed by atoms with Crippen molar-refractivity contribution < 1.29 is 9.90 Å². The van der Waals surface area contributed by atoms with E-state index in [0.29, 0.717) is 5.41 Å². The second kappa shape index (κ2) is 5.83. The first-order valence-electron chi connectivity index (χ1n) is 7.21. The lowest BCUT2D eigenvalue weighted by atomic mass is 9.83. The molecule has 1 unspecified atom stereocenters. The Morgan fingerprint density at radius 2 is 2.00 bits per heavy atom. The van der Waals surface area contributed by atoms with Crippen molar-refractivity contribution in [1.82, 2.24) is 4.90 Å². The molecule has 4 heteroatoms. The third-order valence-corrected chi connectivity index (χ3v) is 4.02. The van der Waals surface area contributed by atoms with E-state index < -0.39 is 6.10 Å². The summed E-state index contributed by atoms with van der Waals surface area (Å²) in [5.41, 5.74) is 1.88. The van der Waals surface area contributed by atoms with Crippen molar-refractivity contribution in [2.75, 3.05) is 18.4 Å². The maximum atomic E-state index is 12.2. The summed E-state index contributed by atoms with van der Waals surface area (Å²) in [7, 11) is 0. The number of hydrogen-bond acceptors (Lipinski definition) is 2. The van der Waals surface area contributed by atoms with Gasteiger partial charge in [-0.05, 0) is 42.9 Å². The van der Waals surface area contributed by atoms with Crippen molar-refractivity contribution in [2.45, 2.75) is 39.7 Å². The number of urea groups is 1. The number of nitrogens with one attached hydrogen (secondary N) is 1. The fraction of sp³-hybridized carbons (Fsp3) is 0.562. The normalized spacial score (nSPS) is 19.5. The van der Waals surface area contributed by atoms with Gasteiger partial charge in [0.05, 0.1) is 6.10 Å². The Kier molecular flexibility index (Phi) is 4.33. The van der Waals surface area contributed by atoms with Gasteiger partial charge in [0.1, 0.15) is 0 Å². The number of amides is 2. The molecule has 1 aliphatic heterocycles. The minimum absolute atomic E-state index is 0.0526. The van der Waals surface area contributed by atoms with Gasteiger partial charge in [-0.3, -0.25) is 0 Å². The van der Waals surface area contributed by atoms with Crippen LogP contribution in [0.1, 0.15) is 45.3 Å². The van der Waals surface area contributed by atoms with Crippen LogP contribution in [-0.2, 0) is 0 Å². The molecule has 0 aromatic heterocycles. The first kappa shape index (κ1) is 14.9. The number of anilines is 1. The summed E-state index contributed by atoms with van der Waals surface area (Å²) in [5, 5.41) is 12.5. The van der Waals surface area contributed by atoms with Gasteiger partial charge in [0.15, 0.2) is 0 Å². The van der Waals surface area contributed by atoms with Crippen molar-refractivity contribution in [1.29, 1.82) is 0 Å². The number of carbonyl (C=O) groups excluding carboxylic acids is 1. The van der Waals surface area contributed by atoms with Crippen LogP contribution in [0.4, 0.5) is 10.5 Å². The van der Waals surface area contributed by atoms with Crippen LogP contribution in [0.25, 0.3) is 0 Å². The van der Waals surface area contributed by atoms with E-state index in [0.717, 1.165) is 37.2 Å². The average Bonchev–Trinajstić information content (AvgIpc) is 2.38. The molecular weight excluding hydrogens is 252 g/mol. The monoisotopic (exact) mass is 276 g/mol. The zero-order valence-electron chi connectivity index (χ0n) is 12.5. The molecule has 2 N–H and O–H groups in total. The number of likely N-dealkylation sites (tertiary alicyclic amines) is 1. The molecule has 0 bridgehead atoms. The highest BCUT2D eigenvalue weighted by molar-refractivity contribution is 5.89. The molecule has 1 fully saturated rings. The Bertz CT molecular complexity index is 473. The Morgan fingerprint density at radius 1 is 1.35 bits per heavy atom. The van der Waals surface area contributed by atoms with Gasteiger partial charge >= 0.3 is 6.03 Å². The molecule has 0 radical (unpaired) electrons. The van der Waals surface area contributed by atoms with Crippen LogP contribution in [0.2, 0.25) is 0 Å². The van der Waals surface area contributed by atoms with Gasteiger partial charge in [-0.25, -0.2) is 4.79 Å². The molecule has 1 aliphatic rings. The van der Waals surface area contributed by atoms with E-state index in [1.54, 1.807) is 6.92 Å². The number of nitrogens with zero attached hydrogens (tertiary/aromatic N) is 1. The van der Waals surface area contributed by atoms with E-state index in [1.807, 2.05) is 29.2 Å². The first-order chi connectivity index (χ1) is 9.37. The molecule has 0 spiro atoms. The lowest BCUT2D eigenvalue weighted by Gasteiger charge is -2.36. The van der Waals surface area contributed by atoms with Gasteiger partial charge in [0.25, 0.3) is 0 Å². The average molecular weight is 276 g/mol. The number of aliphatic hydroxyl groups excluding tert-OH is 1. The highest BCUT2D eigenvalue weighted by Gasteiger charge is 2.27. The number of hydrogen-bond donors (Lipinski definition) is 2. The van der Waals surface area contributed by atoms with Gasteiger partial charge in [-0.2, -0.15) is 0 Å². The van der Waals surface area contributed by atoms with E-state index in [4.69, 9.17) is 0 Å². The number of piperidine rings is 1. The SMILES string of the molecule is CC(O)c1cccc(NC(=O)N2CCC(C)(C)CC2)c1. The van der Waals surface area contributed by atoms with Crippen LogP contribution < -0.4 is 5.32 Å². The lowest BCUT2D eigenvalue weighted by molar-refractivity contribution is 0.149. The molecule has 2 rings (SSSR count). The Morgan fingerprint density at radius 3 is 2.60 bits per heavy atom.